The number of sulfonamides is 1. The first-order valence-electron chi connectivity index (χ1n) is 5.75. The summed E-state index contributed by atoms with van der Waals surface area (Å²) in [5.41, 5.74) is 0.528. The van der Waals surface area contributed by atoms with Crippen LogP contribution in [0.25, 0.3) is 0 Å². The summed E-state index contributed by atoms with van der Waals surface area (Å²) in [5.74, 6) is 0.145. The molecule has 98 valence electrons. The van der Waals surface area contributed by atoms with E-state index < -0.39 is 10.0 Å². The van der Waals surface area contributed by atoms with Crippen molar-refractivity contribution >= 4 is 15.7 Å². The van der Waals surface area contributed by atoms with Crippen LogP contribution in [0.3, 0.4) is 0 Å². The van der Waals surface area contributed by atoms with Crippen molar-refractivity contribution in [1.82, 2.24) is 15.1 Å². The van der Waals surface area contributed by atoms with Crippen LogP contribution in [-0.4, -0.2) is 37.5 Å². The van der Waals surface area contributed by atoms with Crippen LogP contribution in [0.15, 0.2) is 12.4 Å². The van der Waals surface area contributed by atoms with Crippen molar-refractivity contribution in [2.75, 3.05) is 24.1 Å². The average Bonchev–Trinajstić information content (AvgIpc) is 2.71. The van der Waals surface area contributed by atoms with Crippen LogP contribution in [0.2, 0.25) is 0 Å². The summed E-state index contributed by atoms with van der Waals surface area (Å²) in [7, 11) is -1.39. The second kappa shape index (κ2) is 6.61. The van der Waals surface area contributed by atoms with Gasteiger partial charge in [0, 0.05) is 12.7 Å². The number of aromatic nitrogens is 2. The molecule has 0 fully saturated rings. The molecule has 17 heavy (non-hydrogen) atoms. The number of nitrogens with one attached hydrogen (secondary N) is 2. The topological polar surface area (TPSA) is 76.0 Å². The fourth-order valence-corrected chi connectivity index (χ4v) is 2.56. The summed E-state index contributed by atoms with van der Waals surface area (Å²) in [5, 5.41) is 6.99. The second-order valence-electron chi connectivity index (χ2n) is 3.82. The molecule has 0 saturated carbocycles. The number of hydrogen-bond donors (Lipinski definition) is 2. The molecule has 0 aliphatic rings. The monoisotopic (exact) mass is 260 g/mol. The lowest BCUT2D eigenvalue weighted by atomic mass is 10.3. The highest BCUT2D eigenvalue weighted by Crippen LogP contribution is 2.08. The van der Waals surface area contributed by atoms with Crippen LogP contribution in [0.5, 0.6) is 0 Å². The SMILES string of the molecule is CCn1cc(NS(=O)(=O)CCCCNC)cn1. The molecule has 1 aromatic heterocycles. The molecule has 0 aliphatic heterocycles. The lowest BCUT2D eigenvalue weighted by Gasteiger charge is -2.05. The molecule has 0 amide bonds. The molecule has 0 aromatic carbocycles. The number of nitrogens with zero attached hydrogens (tertiary/aromatic N) is 2. The summed E-state index contributed by atoms with van der Waals surface area (Å²) < 4.78 is 27.6. The van der Waals surface area contributed by atoms with Gasteiger partial charge in [-0.15, -0.1) is 0 Å². The smallest absolute Gasteiger partial charge is 0.232 e. The zero-order valence-electron chi connectivity index (χ0n) is 10.3. The molecule has 7 heteroatoms. The first-order valence-corrected chi connectivity index (χ1v) is 7.40. The third-order valence-corrected chi connectivity index (χ3v) is 3.69. The fraction of sp³-hybridized carbons (Fsp3) is 0.700. The highest BCUT2D eigenvalue weighted by molar-refractivity contribution is 7.92. The van der Waals surface area contributed by atoms with Gasteiger partial charge < -0.3 is 5.32 Å². The van der Waals surface area contributed by atoms with E-state index in [0.29, 0.717) is 12.1 Å². The fourth-order valence-electron chi connectivity index (χ4n) is 1.41. The third-order valence-electron chi connectivity index (χ3n) is 2.32. The molecule has 0 unspecified atom stereocenters. The van der Waals surface area contributed by atoms with Crippen molar-refractivity contribution in [2.45, 2.75) is 26.3 Å². The number of hydrogen-bond acceptors (Lipinski definition) is 4. The lowest BCUT2D eigenvalue weighted by Crippen LogP contribution is -2.17. The molecule has 1 aromatic rings. The average molecular weight is 260 g/mol. The second-order valence-corrected chi connectivity index (χ2v) is 5.66. The maximum Gasteiger partial charge on any atom is 0.232 e. The highest BCUT2D eigenvalue weighted by Gasteiger charge is 2.10. The molecule has 0 aliphatic carbocycles. The van der Waals surface area contributed by atoms with E-state index in [1.807, 2.05) is 14.0 Å². The van der Waals surface area contributed by atoms with Gasteiger partial charge in [0.2, 0.25) is 10.0 Å². The third kappa shape index (κ3) is 5.18. The Balaban J connectivity index is 2.43. The van der Waals surface area contributed by atoms with Crippen molar-refractivity contribution in [2.24, 2.45) is 0 Å². The Kier molecular flexibility index (Phi) is 5.43. The summed E-state index contributed by atoms with van der Waals surface area (Å²) in [6, 6.07) is 0. The Morgan fingerprint density at radius 1 is 1.41 bits per heavy atom. The van der Waals surface area contributed by atoms with Gasteiger partial charge in [-0.1, -0.05) is 0 Å². The van der Waals surface area contributed by atoms with Crippen molar-refractivity contribution in [3.8, 4) is 0 Å². The Hall–Kier alpha value is -1.08. The molecule has 0 atom stereocenters. The molecule has 0 bridgehead atoms. The molecule has 1 heterocycles. The van der Waals surface area contributed by atoms with E-state index in [-0.39, 0.29) is 5.75 Å². The number of anilines is 1. The van der Waals surface area contributed by atoms with Crippen LogP contribution >= 0.6 is 0 Å². The number of unbranched alkanes of at least 4 members (excludes halogenated alkanes) is 1. The van der Waals surface area contributed by atoms with Crippen molar-refractivity contribution in [3.63, 3.8) is 0 Å². The van der Waals surface area contributed by atoms with E-state index in [1.54, 1.807) is 10.9 Å². The molecule has 2 N–H and O–H groups in total. The standard InChI is InChI=1S/C10H20N4O2S/c1-3-14-9-10(8-12-14)13-17(15,16)7-5-4-6-11-2/h8-9,11,13H,3-7H2,1-2H3. The van der Waals surface area contributed by atoms with E-state index >= 15 is 0 Å². The minimum absolute atomic E-state index is 0.145. The molecular formula is C10H20N4O2S. The zero-order valence-corrected chi connectivity index (χ0v) is 11.1. The predicted octanol–water partition coefficient (Wildman–Crippen LogP) is 0.644. The van der Waals surface area contributed by atoms with Crippen LogP contribution in [0.1, 0.15) is 19.8 Å². The Bertz CT molecular complexity index is 427. The van der Waals surface area contributed by atoms with Crippen molar-refractivity contribution in [1.29, 1.82) is 0 Å². The predicted molar refractivity (Wildman–Crippen MR) is 68.5 cm³/mol. The first-order chi connectivity index (χ1) is 8.07. The van der Waals surface area contributed by atoms with Gasteiger partial charge in [-0.25, -0.2) is 8.42 Å². The minimum Gasteiger partial charge on any atom is -0.320 e. The molecule has 0 spiro atoms. The van der Waals surface area contributed by atoms with Crippen LogP contribution in [-0.2, 0) is 16.6 Å². The highest BCUT2D eigenvalue weighted by atomic mass is 32.2. The summed E-state index contributed by atoms with van der Waals surface area (Å²) in [6.07, 6.45) is 4.71. The largest absolute Gasteiger partial charge is 0.320 e. The van der Waals surface area contributed by atoms with E-state index in [2.05, 4.69) is 15.1 Å². The van der Waals surface area contributed by atoms with E-state index in [4.69, 9.17) is 0 Å². The number of aryl methyl sites for hydroxylation is 1. The van der Waals surface area contributed by atoms with Gasteiger partial charge in [-0.3, -0.25) is 9.40 Å². The Morgan fingerprint density at radius 3 is 2.76 bits per heavy atom. The van der Waals surface area contributed by atoms with Crippen molar-refractivity contribution in [3.05, 3.63) is 12.4 Å². The van der Waals surface area contributed by atoms with Gasteiger partial charge in [0.1, 0.15) is 0 Å². The van der Waals surface area contributed by atoms with E-state index in [0.717, 1.165) is 19.5 Å². The molecule has 1 rings (SSSR count). The molecular weight excluding hydrogens is 240 g/mol. The van der Waals surface area contributed by atoms with Gasteiger partial charge in [-0.05, 0) is 33.4 Å². The maximum absolute atomic E-state index is 11.7. The van der Waals surface area contributed by atoms with E-state index in [9.17, 15) is 8.42 Å². The molecule has 0 saturated heterocycles. The van der Waals surface area contributed by atoms with Crippen LogP contribution < -0.4 is 10.0 Å². The van der Waals surface area contributed by atoms with Gasteiger partial charge >= 0.3 is 0 Å². The van der Waals surface area contributed by atoms with Gasteiger partial charge in [0.25, 0.3) is 0 Å². The summed E-state index contributed by atoms with van der Waals surface area (Å²) >= 11 is 0. The molecule has 0 radical (unpaired) electrons. The van der Waals surface area contributed by atoms with Crippen molar-refractivity contribution < 1.29 is 8.42 Å². The Labute approximate surface area is 102 Å². The van der Waals surface area contributed by atoms with Gasteiger partial charge in [-0.2, -0.15) is 5.10 Å². The summed E-state index contributed by atoms with van der Waals surface area (Å²) in [6.45, 7) is 3.51. The first kappa shape index (κ1) is 14.0. The van der Waals surface area contributed by atoms with E-state index in [1.165, 1.54) is 6.20 Å². The zero-order chi connectivity index (χ0) is 12.7. The van der Waals surface area contributed by atoms with Gasteiger partial charge in [0.05, 0.1) is 17.6 Å². The normalized spacial score (nSPS) is 11.6. The van der Waals surface area contributed by atoms with Crippen LogP contribution in [0, 0.1) is 0 Å². The minimum atomic E-state index is -3.24. The lowest BCUT2D eigenvalue weighted by molar-refractivity contribution is 0.595. The van der Waals surface area contributed by atoms with Crippen LogP contribution in [0.4, 0.5) is 5.69 Å². The summed E-state index contributed by atoms with van der Waals surface area (Å²) in [4.78, 5) is 0. The number of rotatable bonds is 8. The maximum atomic E-state index is 11.7. The molecule has 6 nitrogen and oxygen atoms in total. The van der Waals surface area contributed by atoms with Gasteiger partial charge in [0.15, 0.2) is 0 Å². The Morgan fingerprint density at radius 2 is 2.18 bits per heavy atom. The quantitative estimate of drug-likeness (QED) is 0.673.